The summed E-state index contributed by atoms with van der Waals surface area (Å²) < 4.78 is 72.4. The number of unbranched alkanes of at least 4 members (excludes halogenated alkanes) is 22. The van der Waals surface area contributed by atoms with Crippen LogP contribution in [-0.4, -0.2) is 97.7 Å². The van der Waals surface area contributed by atoms with Gasteiger partial charge in [-0.1, -0.05) is 141 Å². The van der Waals surface area contributed by atoms with Gasteiger partial charge >= 0.3 is 71.1 Å². The quantitative estimate of drug-likeness (QED) is 0.0104. The van der Waals surface area contributed by atoms with E-state index >= 15 is 0 Å². The van der Waals surface area contributed by atoms with Gasteiger partial charge in [0, 0.05) is 50.7 Å². The van der Waals surface area contributed by atoms with E-state index in [-0.39, 0.29) is 85.0 Å². The van der Waals surface area contributed by atoms with Gasteiger partial charge in [0.2, 0.25) is 11.8 Å². The average molecular weight is 1090 g/mol. The number of carboxylic acids is 2. The Morgan fingerprint density at radius 3 is 0.958 bits per heavy atom. The van der Waals surface area contributed by atoms with E-state index in [1.54, 1.807) is 0 Å². The van der Waals surface area contributed by atoms with Crippen LogP contribution in [0.2, 0.25) is 0 Å². The first-order chi connectivity index (χ1) is 33.2. The second kappa shape index (κ2) is 49.9. The van der Waals surface area contributed by atoms with Crippen LogP contribution in [0.1, 0.15) is 206 Å². The fraction of sp³-hybridized carbons (Fsp3) is 0.792. The Labute approximate surface area is 474 Å². The molecule has 4 unspecified atom stereocenters. The number of carbonyl (C=O) groups excluding carboxylic acids is 6. The summed E-state index contributed by atoms with van der Waals surface area (Å²) in [5.41, 5.74) is 10.9. The molecule has 4 atom stereocenters. The molecule has 0 saturated carbocycles. The molecule has 72 heavy (non-hydrogen) atoms. The SMILES string of the molecule is CCCCCCCCC=CCCCCCCCC(=O)NC(CN)OC(=O)C(CC(=O)[O-])S(=O)(=O)O.CCCCCCCCC=CCCCCCCCC(=O)NC(CN)OC(=O)C(CC(=O)[O-])S(=O)(=O)O.[Na+].[Na+]. The molecule has 0 saturated heterocycles. The summed E-state index contributed by atoms with van der Waals surface area (Å²) in [6.07, 6.45) is 33.5. The molecule has 0 aromatic rings. The normalized spacial score (nSPS) is 13.1. The Hall–Kier alpha value is -1.96. The summed E-state index contributed by atoms with van der Waals surface area (Å²) in [7, 11) is -10.1. The molecule has 20 nitrogen and oxygen atoms in total. The van der Waals surface area contributed by atoms with Crippen LogP contribution in [0.4, 0.5) is 0 Å². The monoisotopic (exact) mass is 1080 g/mol. The fourth-order valence-electron chi connectivity index (χ4n) is 6.84. The second-order valence-corrected chi connectivity index (χ2v) is 20.5. The predicted octanol–water partition coefficient (Wildman–Crippen LogP) is -1.26. The number of ether oxygens (including phenoxy) is 2. The number of nitrogens with one attached hydrogen (secondary N) is 2. The van der Waals surface area contributed by atoms with Crippen LogP contribution in [0.3, 0.4) is 0 Å². The molecule has 0 rings (SSSR count). The first-order valence-corrected chi connectivity index (χ1v) is 28.3. The summed E-state index contributed by atoms with van der Waals surface area (Å²) in [4.78, 5) is 69.1. The smallest absolute Gasteiger partial charge is 0.550 e. The standard InChI is InChI=1S/2C24H44N2O8S.2Na/c2*1-2-3-4-5-6-7-8-9-10-11-12-13-14-15-16-17-21(27)26-22(19-25)34-24(30)20(18-23(28)29)35(31,32)33;;/h2*9-10,20,22H,2-8,11-19,25H2,1H3,(H,26,27)(H,28,29)(H,31,32,33);;/q;;2*+1/p-2. The molecule has 2 amide bonds. The molecule has 0 fully saturated rings. The second-order valence-electron chi connectivity index (χ2n) is 17.3. The minimum Gasteiger partial charge on any atom is -0.550 e. The number of carbonyl (C=O) groups is 6. The maximum Gasteiger partial charge on any atom is 1.00 e. The molecule has 0 aliphatic rings. The molecule has 0 radical (unpaired) electrons. The van der Waals surface area contributed by atoms with Crippen molar-refractivity contribution in [3.8, 4) is 0 Å². The fourth-order valence-corrected chi connectivity index (χ4v) is 8.14. The van der Waals surface area contributed by atoms with Gasteiger partial charge in [-0.05, 0) is 64.2 Å². The van der Waals surface area contributed by atoms with Gasteiger partial charge in [-0.15, -0.1) is 0 Å². The van der Waals surface area contributed by atoms with Crippen LogP contribution in [0.15, 0.2) is 24.3 Å². The van der Waals surface area contributed by atoms with Crippen molar-refractivity contribution in [2.24, 2.45) is 11.5 Å². The molecule has 0 aromatic carbocycles. The molecule has 8 N–H and O–H groups in total. The van der Waals surface area contributed by atoms with E-state index in [1.807, 2.05) is 0 Å². The van der Waals surface area contributed by atoms with E-state index in [0.717, 1.165) is 77.0 Å². The summed E-state index contributed by atoms with van der Waals surface area (Å²) in [5.74, 6) is -7.66. The Morgan fingerprint density at radius 2 is 0.722 bits per heavy atom. The molecule has 0 aromatic heterocycles. The number of nitrogens with two attached hydrogens (primary N) is 2. The minimum atomic E-state index is -5.03. The molecule has 24 heteroatoms. The van der Waals surface area contributed by atoms with Crippen molar-refractivity contribution in [3.05, 3.63) is 24.3 Å². The number of hydrogen-bond donors (Lipinski definition) is 6. The number of aliphatic carboxylic acids is 2. The number of allylic oxidation sites excluding steroid dienone is 4. The number of rotatable bonds is 44. The third-order valence-electron chi connectivity index (χ3n) is 10.9. The van der Waals surface area contributed by atoms with Gasteiger partial charge in [0.05, 0.1) is 0 Å². The van der Waals surface area contributed by atoms with Crippen molar-refractivity contribution >= 4 is 55.9 Å². The third-order valence-corrected chi connectivity index (χ3v) is 13.0. The Morgan fingerprint density at radius 1 is 0.472 bits per heavy atom. The molecule has 0 aliphatic carbocycles. The van der Waals surface area contributed by atoms with Gasteiger partial charge in [0.1, 0.15) is 0 Å². The van der Waals surface area contributed by atoms with E-state index in [4.69, 9.17) is 30.0 Å². The minimum absolute atomic E-state index is 0. The molecule has 408 valence electrons. The third kappa shape index (κ3) is 47.7. The molecule has 0 spiro atoms. The average Bonchev–Trinajstić information content (AvgIpc) is 3.28. The Balaban J connectivity index is -0.000000625. The molecular formula is C48H86N4Na2O16S2. The van der Waals surface area contributed by atoms with Crippen molar-refractivity contribution in [2.45, 2.75) is 229 Å². The van der Waals surface area contributed by atoms with E-state index in [0.29, 0.717) is 12.8 Å². The van der Waals surface area contributed by atoms with Crippen LogP contribution < -0.4 is 91.4 Å². The van der Waals surface area contributed by atoms with Gasteiger partial charge in [-0.3, -0.25) is 28.3 Å². The zero-order chi connectivity index (χ0) is 53.1. The van der Waals surface area contributed by atoms with Crippen LogP contribution in [0.25, 0.3) is 0 Å². The number of esters is 2. The maximum atomic E-state index is 12.0. The molecule has 0 aliphatic heterocycles. The van der Waals surface area contributed by atoms with Gasteiger partial charge < -0.3 is 51.4 Å². The summed E-state index contributed by atoms with van der Waals surface area (Å²) in [6, 6.07) is 0. The zero-order valence-electron chi connectivity index (χ0n) is 43.8. The van der Waals surface area contributed by atoms with Crippen molar-refractivity contribution in [2.75, 3.05) is 13.1 Å². The van der Waals surface area contributed by atoms with Gasteiger partial charge in [-0.25, -0.2) is 0 Å². The Bertz CT molecular complexity index is 1620. The Kier molecular flexibility index (Phi) is 53.0. The van der Waals surface area contributed by atoms with Crippen molar-refractivity contribution in [1.29, 1.82) is 0 Å². The number of carboxylic acid groups (broad SMARTS) is 2. The first-order valence-electron chi connectivity index (χ1n) is 25.2. The van der Waals surface area contributed by atoms with E-state index < -0.39 is 91.7 Å². The zero-order valence-corrected chi connectivity index (χ0v) is 49.5. The number of amides is 2. The molecule has 0 bridgehead atoms. The largest absolute Gasteiger partial charge is 1.00 e. The van der Waals surface area contributed by atoms with Crippen molar-refractivity contribution in [3.63, 3.8) is 0 Å². The van der Waals surface area contributed by atoms with Crippen LogP contribution in [0, 0.1) is 0 Å². The first kappa shape index (κ1) is 76.5. The number of hydrogen-bond acceptors (Lipinski definition) is 16. The topological polar surface area (TPSA) is 352 Å². The van der Waals surface area contributed by atoms with Crippen LogP contribution in [0.5, 0.6) is 0 Å². The maximum absolute atomic E-state index is 12.0. The van der Waals surface area contributed by atoms with Crippen molar-refractivity contribution < 1.29 is 134 Å². The van der Waals surface area contributed by atoms with E-state index in [2.05, 4.69) is 48.8 Å². The van der Waals surface area contributed by atoms with Gasteiger partial charge in [0.25, 0.3) is 20.2 Å². The predicted molar refractivity (Wildman–Crippen MR) is 263 cm³/mol. The summed E-state index contributed by atoms with van der Waals surface area (Å²) >= 11 is 0. The molecular weight excluding hydrogens is 999 g/mol. The van der Waals surface area contributed by atoms with Crippen LogP contribution >= 0.6 is 0 Å². The van der Waals surface area contributed by atoms with E-state index in [1.165, 1.54) is 77.0 Å². The van der Waals surface area contributed by atoms with Crippen molar-refractivity contribution in [1.82, 2.24) is 10.6 Å². The van der Waals surface area contributed by atoms with E-state index in [9.17, 15) is 55.8 Å². The van der Waals surface area contributed by atoms with Gasteiger partial charge in [0.15, 0.2) is 23.0 Å². The van der Waals surface area contributed by atoms with Crippen LogP contribution in [-0.2, 0) is 58.5 Å². The summed E-state index contributed by atoms with van der Waals surface area (Å²) in [6.45, 7) is 3.74. The van der Waals surface area contributed by atoms with Gasteiger partial charge in [-0.2, -0.15) is 16.8 Å². The molecule has 0 heterocycles. The summed E-state index contributed by atoms with van der Waals surface area (Å²) in [5, 5.41) is 21.2.